The first-order valence-electron chi connectivity index (χ1n) is 19.1. The minimum Gasteiger partial charge on any atom is -0.756 e. The number of rotatable bonds is 35. The van der Waals surface area contributed by atoms with Crippen LogP contribution < -0.4 is 4.89 Å². The molecule has 50 heavy (non-hydrogen) atoms. The first-order chi connectivity index (χ1) is 23.9. The molecule has 0 aromatic rings. The van der Waals surface area contributed by atoms with Crippen molar-refractivity contribution >= 4 is 26.0 Å². The fraction of sp³-hybridized carbons (Fsp3) is 0.816. The van der Waals surface area contributed by atoms with E-state index in [4.69, 9.17) is 18.5 Å². The maximum atomic E-state index is 12.5. The van der Waals surface area contributed by atoms with Gasteiger partial charge in [-0.05, 0) is 51.0 Å². The van der Waals surface area contributed by atoms with Gasteiger partial charge in [0.05, 0.1) is 33.9 Å². The minimum absolute atomic E-state index is 0.0614. The maximum Gasteiger partial charge on any atom is 0.306 e. The van der Waals surface area contributed by atoms with Crippen molar-refractivity contribution in [3.63, 3.8) is 0 Å². The molecule has 0 radical (unpaired) electrons. The largest absolute Gasteiger partial charge is 0.756 e. The Morgan fingerprint density at radius 3 is 1.88 bits per heavy atom. The molecule has 12 heteroatoms. The van der Waals surface area contributed by atoms with Crippen LogP contribution in [0.3, 0.4) is 0 Å². The standard InChI is InChI=1S/C38H70NO10P/c1-5-6-7-8-9-10-11-12-13-14-15-16-17-20-23-28-37(42)46-33-36(34-48-50(44,45)47-32-30-39(2,3)4)49-38(43)29-24-21-18-19-22-26-35(41)27-25-31-40/h12-13,25,27,31,35-36,41H,5-11,14-24,26,28-30,32-34H2,1-4H3/b13-12-,27-25+/t35?,36-/m1/s1. The number of phosphoric ester groups is 1. The van der Waals surface area contributed by atoms with E-state index in [0.717, 1.165) is 57.8 Å². The number of quaternary nitrogens is 1. The first kappa shape index (κ1) is 48.1. The maximum absolute atomic E-state index is 12.5. The quantitative estimate of drug-likeness (QED) is 0.0132. The van der Waals surface area contributed by atoms with E-state index in [1.807, 2.05) is 21.1 Å². The van der Waals surface area contributed by atoms with Gasteiger partial charge in [-0.1, -0.05) is 102 Å². The molecule has 3 atom stereocenters. The summed E-state index contributed by atoms with van der Waals surface area (Å²) in [6, 6.07) is 0. The molecule has 11 nitrogen and oxygen atoms in total. The molecule has 0 saturated heterocycles. The van der Waals surface area contributed by atoms with Crippen LogP contribution in [0, 0.1) is 0 Å². The fourth-order valence-corrected chi connectivity index (χ4v) is 5.75. The van der Waals surface area contributed by atoms with Crippen LogP contribution in [-0.4, -0.2) is 87.5 Å². The third-order valence-electron chi connectivity index (χ3n) is 8.09. The Balaban J connectivity index is 4.45. The van der Waals surface area contributed by atoms with Crippen molar-refractivity contribution in [1.82, 2.24) is 0 Å². The van der Waals surface area contributed by atoms with Crippen LogP contribution in [-0.2, 0) is 37.5 Å². The number of nitrogens with zero attached hydrogens (tertiary/aromatic N) is 1. The molecular formula is C38H70NO10P. The van der Waals surface area contributed by atoms with Gasteiger partial charge >= 0.3 is 11.9 Å². The van der Waals surface area contributed by atoms with Crippen LogP contribution in [0.15, 0.2) is 24.3 Å². The normalized spacial score (nSPS) is 14.5. The van der Waals surface area contributed by atoms with E-state index in [1.165, 1.54) is 57.1 Å². The van der Waals surface area contributed by atoms with Gasteiger partial charge in [-0.25, -0.2) is 0 Å². The van der Waals surface area contributed by atoms with Crippen LogP contribution in [0.4, 0.5) is 0 Å². The van der Waals surface area contributed by atoms with E-state index >= 15 is 0 Å². The zero-order valence-electron chi connectivity index (χ0n) is 31.7. The number of ether oxygens (including phenoxy) is 2. The van der Waals surface area contributed by atoms with Crippen molar-refractivity contribution in [2.24, 2.45) is 0 Å². The number of carbonyl (C=O) groups is 3. The van der Waals surface area contributed by atoms with Gasteiger partial charge in [0, 0.05) is 12.8 Å². The highest BCUT2D eigenvalue weighted by molar-refractivity contribution is 7.45. The van der Waals surface area contributed by atoms with Gasteiger partial charge in [-0.3, -0.25) is 18.9 Å². The lowest BCUT2D eigenvalue weighted by Crippen LogP contribution is -2.37. The van der Waals surface area contributed by atoms with E-state index in [1.54, 1.807) is 0 Å². The number of unbranched alkanes of at least 4 members (excludes halogenated alkanes) is 15. The summed E-state index contributed by atoms with van der Waals surface area (Å²) in [6.45, 7) is 1.80. The lowest BCUT2D eigenvalue weighted by Gasteiger charge is -2.28. The van der Waals surface area contributed by atoms with E-state index in [0.29, 0.717) is 36.6 Å². The number of esters is 2. The lowest BCUT2D eigenvalue weighted by molar-refractivity contribution is -0.870. The molecule has 292 valence electrons. The van der Waals surface area contributed by atoms with Crippen LogP contribution in [0.2, 0.25) is 0 Å². The molecule has 0 spiro atoms. The van der Waals surface area contributed by atoms with E-state index < -0.39 is 38.6 Å². The predicted octanol–water partition coefficient (Wildman–Crippen LogP) is 7.53. The van der Waals surface area contributed by atoms with Crippen molar-refractivity contribution in [3.8, 4) is 0 Å². The van der Waals surface area contributed by atoms with Crippen molar-refractivity contribution in [2.75, 3.05) is 47.5 Å². The molecule has 0 fully saturated rings. The number of aliphatic hydroxyl groups is 1. The highest BCUT2D eigenvalue weighted by Crippen LogP contribution is 2.38. The number of aldehydes is 1. The summed E-state index contributed by atoms with van der Waals surface area (Å²) in [5.41, 5.74) is 0. The SMILES string of the molecule is CCCCCCCC/C=C\CCCCCCCC(=O)OC[C@H](COP(=O)([O-])OCC[N+](C)(C)C)OC(=O)CCCCCCCC(O)/C=C/C=O. The highest BCUT2D eigenvalue weighted by Gasteiger charge is 2.21. The smallest absolute Gasteiger partial charge is 0.306 e. The zero-order valence-corrected chi connectivity index (χ0v) is 32.6. The van der Waals surface area contributed by atoms with Crippen LogP contribution in [0.25, 0.3) is 0 Å². The molecule has 1 N–H and O–H groups in total. The monoisotopic (exact) mass is 731 g/mol. The van der Waals surface area contributed by atoms with Crippen LogP contribution >= 0.6 is 7.82 Å². The summed E-state index contributed by atoms with van der Waals surface area (Å²) in [5, 5.41) is 9.73. The molecule has 0 aromatic carbocycles. The summed E-state index contributed by atoms with van der Waals surface area (Å²) in [7, 11) is 1.06. The molecule has 0 aliphatic rings. The second-order valence-corrected chi connectivity index (χ2v) is 15.5. The average molecular weight is 732 g/mol. The molecular weight excluding hydrogens is 661 g/mol. The van der Waals surface area contributed by atoms with E-state index in [2.05, 4.69) is 19.1 Å². The number of allylic oxidation sites excluding steroid dienone is 3. The third kappa shape index (κ3) is 34.6. The molecule has 0 aliphatic heterocycles. The summed E-state index contributed by atoms with van der Waals surface area (Å²) in [5.74, 6) is -0.965. The Hall–Kier alpha value is -1.88. The average Bonchev–Trinajstić information content (AvgIpc) is 3.05. The van der Waals surface area contributed by atoms with Gasteiger partial charge in [0.25, 0.3) is 7.82 Å². The summed E-state index contributed by atoms with van der Waals surface area (Å²) >= 11 is 0. The van der Waals surface area contributed by atoms with Crippen molar-refractivity contribution in [3.05, 3.63) is 24.3 Å². The molecule has 0 aliphatic carbocycles. The second-order valence-electron chi connectivity index (χ2n) is 14.1. The first-order valence-corrected chi connectivity index (χ1v) is 20.5. The van der Waals surface area contributed by atoms with Gasteiger partial charge in [-0.2, -0.15) is 0 Å². The number of hydrogen-bond acceptors (Lipinski definition) is 10. The zero-order chi connectivity index (χ0) is 37.4. The molecule has 0 amide bonds. The molecule has 0 bridgehead atoms. The van der Waals surface area contributed by atoms with Crippen molar-refractivity contribution in [2.45, 2.75) is 154 Å². The van der Waals surface area contributed by atoms with E-state index in [-0.39, 0.29) is 26.1 Å². The third-order valence-corrected chi connectivity index (χ3v) is 9.06. The van der Waals surface area contributed by atoms with Gasteiger partial charge in [0.1, 0.15) is 26.0 Å². The summed E-state index contributed by atoms with van der Waals surface area (Å²) < 4.78 is 33.5. The predicted molar refractivity (Wildman–Crippen MR) is 196 cm³/mol. The molecule has 0 heterocycles. The molecule has 0 aromatic heterocycles. The fourth-order valence-electron chi connectivity index (χ4n) is 5.02. The van der Waals surface area contributed by atoms with E-state index in [9.17, 15) is 28.9 Å². The topological polar surface area (TPSA) is 148 Å². The molecule has 0 rings (SSSR count). The van der Waals surface area contributed by atoms with Gasteiger partial charge in [0.2, 0.25) is 0 Å². The van der Waals surface area contributed by atoms with Gasteiger partial charge in [-0.15, -0.1) is 0 Å². The number of likely N-dealkylation sites (N-methyl/N-ethyl adjacent to an activating group) is 1. The van der Waals surface area contributed by atoms with Crippen LogP contribution in [0.1, 0.15) is 142 Å². The molecule has 0 saturated carbocycles. The number of phosphoric acid groups is 1. The number of aliphatic hydroxyl groups excluding tert-OH is 1. The van der Waals surface area contributed by atoms with Crippen LogP contribution in [0.5, 0.6) is 0 Å². The molecule has 2 unspecified atom stereocenters. The Morgan fingerprint density at radius 1 is 0.760 bits per heavy atom. The minimum atomic E-state index is -4.66. The second kappa shape index (κ2) is 31.8. The Kier molecular flexibility index (Phi) is 30.6. The van der Waals surface area contributed by atoms with Gasteiger partial charge in [0.15, 0.2) is 6.10 Å². The highest BCUT2D eigenvalue weighted by atomic mass is 31.2. The number of carbonyl (C=O) groups excluding carboxylic acids is 3. The summed E-state index contributed by atoms with van der Waals surface area (Å²) in [6.07, 6.45) is 26.1. The Morgan fingerprint density at radius 2 is 1.30 bits per heavy atom. The number of hydrogen-bond donors (Lipinski definition) is 1. The van der Waals surface area contributed by atoms with Crippen molar-refractivity contribution < 1.29 is 52.0 Å². The Bertz CT molecular complexity index is 966. The summed E-state index contributed by atoms with van der Waals surface area (Å²) in [4.78, 5) is 47.6. The van der Waals surface area contributed by atoms with Gasteiger partial charge < -0.3 is 33.0 Å². The van der Waals surface area contributed by atoms with Crippen molar-refractivity contribution in [1.29, 1.82) is 0 Å². The Labute approximate surface area is 303 Å². The lowest BCUT2D eigenvalue weighted by atomic mass is 10.1.